The number of hydrogen-bond donors (Lipinski definition) is 2. The summed E-state index contributed by atoms with van der Waals surface area (Å²) < 4.78 is 0. The molecule has 0 saturated carbocycles. The van der Waals surface area contributed by atoms with Crippen LogP contribution in [0, 0.1) is 5.92 Å². The van der Waals surface area contributed by atoms with Crippen LogP contribution in [0.1, 0.15) is 36.5 Å². The van der Waals surface area contributed by atoms with Gasteiger partial charge in [-0.3, -0.25) is 4.79 Å². The number of carbonyl (C=O) groups is 1. The Labute approximate surface area is 131 Å². The van der Waals surface area contributed by atoms with Crippen LogP contribution in [0.5, 0.6) is 0 Å². The molecule has 1 atom stereocenters. The number of nitrogens with two attached hydrogens (primary N) is 1. The van der Waals surface area contributed by atoms with E-state index >= 15 is 0 Å². The Morgan fingerprint density at radius 1 is 1.38 bits per heavy atom. The minimum absolute atomic E-state index is 0.152. The van der Waals surface area contributed by atoms with Crippen LogP contribution >= 0.6 is 11.6 Å². The molecule has 0 bridgehead atoms. The number of nitrogen functional groups attached to an aromatic ring is 1. The maximum Gasteiger partial charge on any atom is 0.253 e. The summed E-state index contributed by atoms with van der Waals surface area (Å²) >= 11 is 5.94. The second-order valence-electron chi connectivity index (χ2n) is 5.88. The van der Waals surface area contributed by atoms with Gasteiger partial charge in [0.1, 0.15) is 0 Å². The van der Waals surface area contributed by atoms with E-state index in [1.54, 1.807) is 18.2 Å². The summed E-state index contributed by atoms with van der Waals surface area (Å²) in [6.45, 7) is 6.21. The highest BCUT2D eigenvalue weighted by Gasteiger charge is 2.16. The molecule has 1 saturated heterocycles. The van der Waals surface area contributed by atoms with Crippen molar-refractivity contribution in [2.24, 2.45) is 5.92 Å². The van der Waals surface area contributed by atoms with Crippen LogP contribution in [0.2, 0.25) is 5.02 Å². The topological polar surface area (TPSA) is 58.4 Å². The molecule has 3 N–H and O–H groups in total. The number of carbonyl (C=O) groups excluding carboxylic acids is 1. The van der Waals surface area contributed by atoms with Crippen molar-refractivity contribution in [2.75, 3.05) is 31.9 Å². The molecule has 0 aliphatic carbocycles. The fourth-order valence-electron chi connectivity index (χ4n) is 2.74. The molecule has 0 aromatic heterocycles. The van der Waals surface area contributed by atoms with Gasteiger partial charge in [0, 0.05) is 13.1 Å². The number of rotatable bonds is 5. The maximum absolute atomic E-state index is 12.2. The Morgan fingerprint density at radius 2 is 2.10 bits per heavy atom. The van der Waals surface area contributed by atoms with E-state index < -0.39 is 0 Å². The minimum Gasteiger partial charge on any atom is -0.397 e. The molecular formula is C16H24ClN3O. The van der Waals surface area contributed by atoms with Crippen molar-refractivity contribution in [3.8, 4) is 0 Å². The highest BCUT2D eigenvalue weighted by Crippen LogP contribution is 2.22. The normalized spacial score (nSPS) is 17.4. The lowest BCUT2D eigenvalue weighted by Crippen LogP contribution is -2.38. The molecule has 1 fully saturated rings. The van der Waals surface area contributed by atoms with Crippen molar-refractivity contribution < 1.29 is 4.79 Å². The summed E-state index contributed by atoms with van der Waals surface area (Å²) in [7, 11) is 0. The molecule has 21 heavy (non-hydrogen) atoms. The van der Waals surface area contributed by atoms with Crippen LogP contribution < -0.4 is 11.1 Å². The Balaban J connectivity index is 1.81. The van der Waals surface area contributed by atoms with E-state index in [-0.39, 0.29) is 5.91 Å². The predicted octanol–water partition coefficient (Wildman–Crippen LogP) is 2.77. The minimum atomic E-state index is -0.152. The standard InChI is InChI=1S/C16H24ClN3O/c1-12(11-20-8-3-2-4-9-20)10-19-16(21)13-6-5-7-14(17)15(13)18/h5-7,12H,2-4,8-11,18H2,1H3,(H,19,21). The second kappa shape index (κ2) is 7.66. The molecule has 1 aromatic carbocycles. The van der Waals surface area contributed by atoms with E-state index in [0.29, 0.717) is 28.7 Å². The molecule has 4 nitrogen and oxygen atoms in total. The largest absolute Gasteiger partial charge is 0.397 e. The van der Waals surface area contributed by atoms with E-state index in [1.807, 2.05) is 0 Å². The number of likely N-dealkylation sites (tertiary alicyclic amines) is 1. The van der Waals surface area contributed by atoms with Gasteiger partial charge in [-0.05, 0) is 44.0 Å². The average Bonchev–Trinajstić information content (AvgIpc) is 2.48. The lowest BCUT2D eigenvalue weighted by molar-refractivity contribution is 0.0943. The summed E-state index contributed by atoms with van der Waals surface area (Å²) in [5.41, 5.74) is 6.64. The Bertz CT molecular complexity index is 486. The number of nitrogens with zero attached hydrogens (tertiary/aromatic N) is 1. The van der Waals surface area contributed by atoms with Gasteiger partial charge < -0.3 is 16.0 Å². The van der Waals surface area contributed by atoms with Crippen LogP contribution in [0.3, 0.4) is 0 Å². The van der Waals surface area contributed by atoms with Crippen LogP contribution in [-0.2, 0) is 0 Å². The Kier molecular flexibility index (Phi) is 5.88. The Morgan fingerprint density at radius 3 is 2.81 bits per heavy atom. The van der Waals surface area contributed by atoms with Gasteiger partial charge in [0.15, 0.2) is 0 Å². The number of hydrogen-bond acceptors (Lipinski definition) is 3. The first-order chi connectivity index (χ1) is 10.1. The third-order valence-corrected chi connectivity index (χ3v) is 4.26. The maximum atomic E-state index is 12.2. The summed E-state index contributed by atoms with van der Waals surface area (Å²) in [5, 5.41) is 3.37. The van der Waals surface area contributed by atoms with Gasteiger partial charge in [0.05, 0.1) is 16.3 Å². The van der Waals surface area contributed by atoms with Gasteiger partial charge in [-0.2, -0.15) is 0 Å². The van der Waals surface area contributed by atoms with E-state index in [1.165, 1.54) is 32.4 Å². The number of halogens is 1. The van der Waals surface area contributed by atoms with E-state index in [0.717, 1.165) is 6.54 Å². The SMILES string of the molecule is CC(CNC(=O)c1cccc(Cl)c1N)CN1CCCCC1. The Hall–Kier alpha value is -1.26. The van der Waals surface area contributed by atoms with Gasteiger partial charge >= 0.3 is 0 Å². The molecule has 5 heteroatoms. The van der Waals surface area contributed by atoms with Crippen molar-refractivity contribution in [1.82, 2.24) is 10.2 Å². The first kappa shape index (κ1) is 16.1. The number of anilines is 1. The number of benzene rings is 1. The number of amides is 1. The van der Waals surface area contributed by atoms with Crippen molar-refractivity contribution in [3.63, 3.8) is 0 Å². The highest BCUT2D eigenvalue weighted by atomic mass is 35.5. The van der Waals surface area contributed by atoms with Crippen LogP contribution in [0.25, 0.3) is 0 Å². The molecule has 0 radical (unpaired) electrons. The predicted molar refractivity (Wildman–Crippen MR) is 87.7 cm³/mol. The van der Waals surface area contributed by atoms with Gasteiger partial charge in [-0.25, -0.2) is 0 Å². The molecule has 1 amide bonds. The second-order valence-corrected chi connectivity index (χ2v) is 6.28. The van der Waals surface area contributed by atoms with Crippen LogP contribution in [0.15, 0.2) is 18.2 Å². The first-order valence-electron chi connectivity index (χ1n) is 7.62. The van der Waals surface area contributed by atoms with Crippen molar-refractivity contribution in [2.45, 2.75) is 26.2 Å². The van der Waals surface area contributed by atoms with Crippen molar-refractivity contribution >= 4 is 23.2 Å². The molecule has 116 valence electrons. The molecule has 1 unspecified atom stereocenters. The lowest BCUT2D eigenvalue weighted by atomic mass is 10.1. The molecule has 0 spiro atoms. The van der Waals surface area contributed by atoms with Gasteiger partial charge in [-0.15, -0.1) is 0 Å². The number of nitrogens with one attached hydrogen (secondary N) is 1. The van der Waals surface area contributed by atoms with Gasteiger partial charge in [0.2, 0.25) is 0 Å². The fourth-order valence-corrected chi connectivity index (χ4v) is 2.92. The third-order valence-electron chi connectivity index (χ3n) is 3.93. The molecule has 1 aliphatic heterocycles. The number of piperidine rings is 1. The number of para-hydroxylation sites is 1. The highest BCUT2D eigenvalue weighted by molar-refractivity contribution is 6.33. The molecule has 1 heterocycles. The van der Waals surface area contributed by atoms with E-state index in [9.17, 15) is 4.79 Å². The zero-order valence-corrected chi connectivity index (χ0v) is 13.3. The molecular weight excluding hydrogens is 286 g/mol. The summed E-state index contributed by atoms with van der Waals surface area (Å²) in [5.74, 6) is 0.271. The summed E-state index contributed by atoms with van der Waals surface area (Å²) in [4.78, 5) is 14.6. The van der Waals surface area contributed by atoms with Gasteiger partial charge in [0.25, 0.3) is 5.91 Å². The first-order valence-corrected chi connectivity index (χ1v) is 8.00. The molecule has 1 aromatic rings. The zero-order chi connectivity index (χ0) is 15.2. The van der Waals surface area contributed by atoms with Crippen molar-refractivity contribution in [3.05, 3.63) is 28.8 Å². The smallest absolute Gasteiger partial charge is 0.253 e. The fraction of sp³-hybridized carbons (Fsp3) is 0.562. The monoisotopic (exact) mass is 309 g/mol. The van der Waals surface area contributed by atoms with E-state index in [4.69, 9.17) is 17.3 Å². The average molecular weight is 310 g/mol. The van der Waals surface area contributed by atoms with Crippen LogP contribution in [0.4, 0.5) is 5.69 Å². The lowest BCUT2D eigenvalue weighted by Gasteiger charge is -2.29. The van der Waals surface area contributed by atoms with E-state index in [2.05, 4.69) is 17.1 Å². The quantitative estimate of drug-likeness (QED) is 0.822. The third kappa shape index (κ3) is 4.61. The van der Waals surface area contributed by atoms with Gasteiger partial charge in [-0.1, -0.05) is 31.0 Å². The summed E-state index contributed by atoms with van der Waals surface area (Å²) in [6.07, 6.45) is 3.92. The van der Waals surface area contributed by atoms with Crippen LogP contribution in [-0.4, -0.2) is 37.0 Å². The van der Waals surface area contributed by atoms with Crippen molar-refractivity contribution in [1.29, 1.82) is 0 Å². The molecule has 1 aliphatic rings. The zero-order valence-electron chi connectivity index (χ0n) is 12.6. The summed E-state index contributed by atoms with van der Waals surface area (Å²) in [6, 6.07) is 5.13. The molecule has 2 rings (SSSR count).